The summed E-state index contributed by atoms with van der Waals surface area (Å²) < 4.78 is 10.6. The van der Waals surface area contributed by atoms with E-state index in [2.05, 4.69) is 5.48 Å². The lowest BCUT2D eigenvalue weighted by Gasteiger charge is -2.16. The van der Waals surface area contributed by atoms with E-state index in [9.17, 15) is 4.79 Å². The van der Waals surface area contributed by atoms with Crippen LogP contribution in [0.5, 0.6) is 0 Å². The standard InChI is InChI=1S/C20H21NO4/c1-2-23-20(22)18(13-21-25-14-15-6-4-3-5-7-15)17-9-8-16-10-11-24-19(16)12-17/h3-12,18,21H,2,13-14H2,1H3. The summed E-state index contributed by atoms with van der Waals surface area (Å²) in [6.07, 6.45) is 1.63. The molecule has 1 atom stereocenters. The maximum Gasteiger partial charge on any atom is 0.314 e. The summed E-state index contributed by atoms with van der Waals surface area (Å²) in [5.74, 6) is -0.755. The van der Waals surface area contributed by atoms with E-state index >= 15 is 0 Å². The van der Waals surface area contributed by atoms with Gasteiger partial charge in [0.15, 0.2) is 0 Å². The van der Waals surface area contributed by atoms with Crippen molar-refractivity contribution in [1.82, 2.24) is 5.48 Å². The van der Waals surface area contributed by atoms with Crippen LogP contribution in [-0.2, 0) is 21.0 Å². The molecule has 0 saturated heterocycles. The Balaban J connectivity index is 1.65. The smallest absolute Gasteiger partial charge is 0.314 e. The molecule has 25 heavy (non-hydrogen) atoms. The van der Waals surface area contributed by atoms with Gasteiger partial charge in [0.05, 0.1) is 25.4 Å². The first-order valence-corrected chi connectivity index (χ1v) is 8.30. The number of hydrogen-bond donors (Lipinski definition) is 1. The van der Waals surface area contributed by atoms with Crippen molar-refractivity contribution in [2.24, 2.45) is 0 Å². The summed E-state index contributed by atoms with van der Waals surface area (Å²) in [7, 11) is 0. The Kier molecular flexibility index (Phi) is 5.82. The van der Waals surface area contributed by atoms with Crippen molar-refractivity contribution in [1.29, 1.82) is 0 Å². The number of nitrogens with one attached hydrogen (secondary N) is 1. The molecule has 5 heteroatoms. The maximum atomic E-state index is 12.3. The lowest BCUT2D eigenvalue weighted by Crippen LogP contribution is -2.28. The van der Waals surface area contributed by atoms with Crippen LogP contribution < -0.4 is 5.48 Å². The summed E-state index contributed by atoms with van der Waals surface area (Å²) >= 11 is 0. The lowest BCUT2D eigenvalue weighted by atomic mass is 9.98. The minimum atomic E-state index is -0.467. The van der Waals surface area contributed by atoms with Crippen LogP contribution in [0.1, 0.15) is 24.0 Å². The second-order valence-corrected chi connectivity index (χ2v) is 5.65. The molecule has 1 unspecified atom stereocenters. The fourth-order valence-corrected chi connectivity index (χ4v) is 2.62. The Morgan fingerprint density at radius 1 is 1.16 bits per heavy atom. The third-order valence-corrected chi connectivity index (χ3v) is 3.92. The van der Waals surface area contributed by atoms with Crippen molar-refractivity contribution < 1.29 is 18.8 Å². The van der Waals surface area contributed by atoms with Gasteiger partial charge in [-0.25, -0.2) is 5.48 Å². The van der Waals surface area contributed by atoms with E-state index in [0.29, 0.717) is 19.8 Å². The molecule has 0 spiro atoms. The zero-order chi connectivity index (χ0) is 17.5. The van der Waals surface area contributed by atoms with Gasteiger partial charge in [-0.15, -0.1) is 0 Å². The molecule has 1 N–H and O–H groups in total. The molecule has 0 fully saturated rings. The number of hydrogen-bond acceptors (Lipinski definition) is 5. The van der Waals surface area contributed by atoms with Crippen LogP contribution >= 0.6 is 0 Å². The van der Waals surface area contributed by atoms with Crippen LogP contribution in [-0.4, -0.2) is 19.1 Å². The van der Waals surface area contributed by atoms with Gasteiger partial charge >= 0.3 is 5.97 Å². The molecule has 0 aliphatic carbocycles. The van der Waals surface area contributed by atoms with Gasteiger partial charge < -0.3 is 9.15 Å². The van der Waals surface area contributed by atoms with Crippen molar-refractivity contribution >= 4 is 16.9 Å². The molecule has 0 bridgehead atoms. The number of furan rings is 1. The second kappa shape index (κ2) is 8.46. The first-order valence-electron chi connectivity index (χ1n) is 8.30. The normalized spacial score (nSPS) is 12.2. The Morgan fingerprint density at radius 2 is 2.00 bits per heavy atom. The van der Waals surface area contributed by atoms with Gasteiger partial charge in [0, 0.05) is 11.9 Å². The molecule has 1 heterocycles. The van der Waals surface area contributed by atoms with Crippen LogP contribution in [0.4, 0.5) is 0 Å². The molecule has 0 aliphatic heterocycles. The first kappa shape index (κ1) is 17.2. The van der Waals surface area contributed by atoms with E-state index in [1.807, 2.05) is 54.6 Å². The fraction of sp³-hybridized carbons (Fsp3) is 0.250. The highest BCUT2D eigenvalue weighted by atomic mass is 16.6. The summed E-state index contributed by atoms with van der Waals surface area (Å²) in [6.45, 7) is 2.87. The number of esters is 1. The number of hydroxylamine groups is 1. The van der Waals surface area contributed by atoms with Gasteiger partial charge in [0.1, 0.15) is 5.58 Å². The molecule has 1 aromatic heterocycles. The van der Waals surface area contributed by atoms with E-state index in [1.165, 1.54) is 0 Å². The van der Waals surface area contributed by atoms with Gasteiger partial charge in [0.2, 0.25) is 0 Å². The fourth-order valence-electron chi connectivity index (χ4n) is 2.62. The molecule has 2 aromatic carbocycles. The van der Waals surface area contributed by atoms with E-state index in [1.54, 1.807) is 13.2 Å². The van der Waals surface area contributed by atoms with E-state index in [-0.39, 0.29) is 5.97 Å². The quantitative estimate of drug-likeness (QED) is 0.384. The Labute approximate surface area is 146 Å². The van der Waals surface area contributed by atoms with Gasteiger partial charge in [-0.3, -0.25) is 9.63 Å². The highest BCUT2D eigenvalue weighted by Gasteiger charge is 2.22. The third kappa shape index (κ3) is 4.47. The number of rotatable bonds is 8. The molecule has 3 aromatic rings. The topological polar surface area (TPSA) is 60.7 Å². The molecular weight excluding hydrogens is 318 g/mol. The molecular formula is C20H21NO4. The van der Waals surface area contributed by atoms with E-state index < -0.39 is 5.92 Å². The minimum Gasteiger partial charge on any atom is -0.465 e. The average Bonchev–Trinajstić information content (AvgIpc) is 3.10. The van der Waals surface area contributed by atoms with Crippen LogP contribution in [0.3, 0.4) is 0 Å². The predicted molar refractivity (Wildman–Crippen MR) is 94.8 cm³/mol. The van der Waals surface area contributed by atoms with Crippen LogP contribution in [0.15, 0.2) is 65.3 Å². The Bertz CT molecular complexity index is 813. The third-order valence-electron chi connectivity index (χ3n) is 3.92. The highest BCUT2D eigenvalue weighted by molar-refractivity contribution is 5.83. The number of ether oxygens (including phenoxy) is 1. The van der Waals surface area contributed by atoms with Gasteiger partial charge in [-0.2, -0.15) is 0 Å². The maximum absolute atomic E-state index is 12.3. The SMILES string of the molecule is CCOC(=O)C(CNOCc1ccccc1)c1ccc2ccoc2c1. The van der Waals surface area contributed by atoms with Gasteiger partial charge in [0.25, 0.3) is 0 Å². The minimum absolute atomic E-state index is 0.288. The van der Waals surface area contributed by atoms with Crippen LogP contribution in [0.25, 0.3) is 11.0 Å². The Morgan fingerprint density at radius 3 is 2.80 bits per heavy atom. The lowest BCUT2D eigenvalue weighted by molar-refractivity contribution is -0.145. The Hall–Kier alpha value is -2.63. The molecule has 0 amide bonds. The van der Waals surface area contributed by atoms with Crippen molar-refractivity contribution in [3.63, 3.8) is 0 Å². The van der Waals surface area contributed by atoms with Crippen LogP contribution in [0.2, 0.25) is 0 Å². The van der Waals surface area contributed by atoms with Crippen molar-refractivity contribution in [3.05, 3.63) is 72.0 Å². The summed E-state index contributed by atoms with van der Waals surface area (Å²) in [6, 6.07) is 17.4. The number of carbonyl (C=O) groups excluding carboxylic acids is 1. The summed E-state index contributed by atoms with van der Waals surface area (Å²) in [5, 5.41) is 1.000. The number of carbonyl (C=O) groups is 1. The van der Waals surface area contributed by atoms with Gasteiger partial charge in [-0.1, -0.05) is 42.5 Å². The summed E-state index contributed by atoms with van der Waals surface area (Å²) in [4.78, 5) is 17.8. The zero-order valence-corrected chi connectivity index (χ0v) is 14.1. The first-order chi connectivity index (χ1) is 12.3. The van der Waals surface area contributed by atoms with E-state index in [4.69, 9.17) is 14.0 Å². The molecule has 5 nitrogen and oxygen atoms in total. The molecule has 0 saturated carbocycles. The molecule has 3 rings (SSSR count). The van der Waals surface area contributed by atoms with Crippen molar-refractivity contribution in [2.45, 2.75) is 19.4 Å². The van der Waals surface area contributed by atoms with Crippen LogP contribution in [0, 0.1) is 0 Å². The largest absolute Gasteiger partial charge is 0.465 e. The number of benzene rings is 2. The average molecular weight is 339 g/mol. The highest BCUT2D eigenvalue weighted by Crippen LogP contribution is 2.23. The van der Waals surface area contributed by atoms with Gasteiger partial charge in [-0.05, 0) is 30.2 Å². The predicted octanol–water partition coefficient (Wildman–Crippen LogP) is 3.80. The van der Waals surface area contributed by atoms with Crippen molar-refractivity contribution in [3.8, 4) is 0 Å². The molecule has 0 radical (unpaired) electrons. The molecule has 130 valence electrons. The monoisotopic (exact) mass is 339 g/mol. The van der Waals surface area contributed by atoms with E-state index in [0.717, 1.165) is 22.1 Å². The molecule has 0 aliphatic rings. The summed E-state index contributed by atoms with van der Waals surface area (Å²) in [5.41, 5.74) is 5.51. The zero-order valence-electron chi connectivity index (χ0n) is 14.1. The number of fused-ring (bicyclic) bond motifs is 1. The van der Waals surface area contributed by atoms with Crippen molar-refractivity contribution in [2.75, 3.05) is 13.2 Å². The second-order valence-electron chi connectivity index (χ2n) is 5.65.